The predicted octanol–water partition coefficient (Wildman–Crippen LogP) is 5.81. The summed E-state index contributed by atoms with van der Waals surface area (Å²) in [5.41, 5.74) is 6.61. The Morgan fingerprint density at radius 3 is 2.54 bits per heavy atom. The van der Waals surface area contributed by atoms with Crippen molar-refractivity contribution in [1.29, 1.82) is 0 Å². The molecule has 1 aliphatic heterocycles. The number of benzene rings is 2. The quantitative estimate of drug-likeness (QED) is 0.671. The van der Waals surface area contributed by atoms with Crippen molar-refractivity contribution in [3.8, 4) is 0 Å². The van der Waals surface area contributed by atoms with Crippen molar-refractivity contribution in [3.63, 3.8) is 0 Å². The van der Waals surface area contributed by atoms with Crippen LogP contribution in [0.15, 0.2) is 53.5 Å². The first-order chi connectivity index (χ1) is 13.3. The molecular formula is C24H29N3O. The van der Waals surface area contributed by atoms with Gasteiger partial charge in [0.25, 0.3) is 0 Å². The lowest BCUT2D eigenvalue weighted by Crippen LogP contribution is -2.45. The molecule has 4 nitrogen and oxygen atoms in total. The smallest absolute Gasteiger partial charge is 0.221 e. The molecule has 0 atom stereocenters. The fraction of sp³-hybridized carbons (Fsp3) is 0.333. The summed E-state index contributed by atoms with van der Waals surface area (Å²) >= 11 is 0. The van der Waals surface area contributed by atoms with Gasteiger partial charge in [-0.05, 0) is 74.7 Å². The van der Waals surface area contributed by atoms with E-state index in [4.69, 9.17) is 0 Å². The summed E-state index contributed by atoms with van der Waals surface area (Å²) in [6, 6.07) is 14.1. The van der Waals surface area contributed by atoms with Crippen molar-refractivity contribution in [3.05, 3.63) is 59.7 Å². The summed E-state index contributed by atoms with van der Waals surface area (Å²) < 4.78 is 0. The average molecular weight is 376 g/mol. The fourth-order valence-corrected chi connectivity index (χ4v) is 3.80. The van der Waals surface area contributed by atoms with Crippen molar-refractivity contribution in [2.45, 2.75) is 46.6 Å². The minimum absolute atomic E-state index is 0.0261. The summed E-state index contributed by atoms with van der Waals surface area (Å²) in [5.74, 6) is -0.0750. The van der Waals surface area contributed by atoms with E-state index in [1.54, 1.807) is 0 Å². The van der Waals surface area contributed by atoms with Gasteiger partial charge in [-0.15, -0.1) is 0 Å². The van der Waals surface area contributed by atoms with Crippen molar-refractivity contribution in [2.24, 2.45) is 4.99 Å². The topological polar surface area (TPSA) is 44.7 Å². The van der Waals surface area contributed by atoms with Gasteiger partial charge in [-0.1, -0.05) is 19.1 Å². The molecule has 0 aromatic heterocycles. The Kier molecular flexibility index (Phi) is 5.68. The number of anilines is 2. The molecule has 3 rings (SSSR count). The third kappa shape index (κ3) is 4.33. The second-order valence-electron chi connectivity index (χ2n) is 7.90. The second-order valence-corrected chi connectivity index (χ2v) is 7.90. The molecule has 0 saturated carbocycles. The Morgan fingerprint density at radius 1 is 1.18 bits per heavy atom. The molecule has 0 fully saturated rings. The molecule has 146 valence electrons. The largest absolute Gasteiger partial charge is 0.362 e. The molecule has 4 heteroatoms. The van der Waals surface area contributed by atoms with E-state index in [2.05, 4.69) is 67.2 Å². The van der Waals surface area contributed by atoms with Gasteiger partial charge in [0.1, 0.15) is 0 Å². The number of fused-ring (bicyclic) bond motifs is 1. The Balaban J connectivity index is 1.84. The van der Waals surface area contributed by atoms with Crippen molar-refractivity contribution in [2.75, 3.05) is 16.8 Å². The maximum absolute atomic E-state index is 11.1. The van der Waals surface area contributed by atoms with Crippen LogP contribution in [0, 0.1) is 0 Å². The van der Waals surface area contributed by atoms with Crippen LogP contribution >= 0.6 is 0 Å². The maximum Gasteiger partial charge on any atom is 0.221 e. The predicted molar refractivity (Wildman–Crippen MR) is 120 cm³/mol. The second kappa shape index (κ2) is 8.01. The zero-order valence-electron chi connectivity index (χ0n) is 17.4. The Labute approximate surface area is 168 Å². The van der Waals surface area contributed by atoms with E-state index < -0.39 is 0 Å². The lowest BCUT2D eigenvalue weighted by molar-refractivity contribution is -0.114. The van der Waals surface area contributed by atoms with Crippen LogP contribution in [0.4, 0.5) is 17.1 Å². The van der Waals surface area contributed by atoms with Crippen LogP contribution < -0.4 is 10.2 Å². The van der Waals surface area contributed by atoms with Crippen LogP contribution in [0.3, 0.4) is 0 Å². The first-order valence-electron chi connectivity index (χ1n) is 9.83. The number of hydrogen-bond acceptors (Lipinski definition) is 3. The molecule has 0 radical (unpaired) electrons. The van der Waals surface area contributed by atoms with Crippen LogP contribution in [0.25, 0.3) is 5.57 Å². The first kappa shape index (κ1) is 19.9. The normalized spacial score (nSPS) is 15.3. The van der Waals surface area contributed by atoms with Gasteiger partial charge >= 0.3 is 0 Å². The van der Waals surface area contributed by atoms with Gasteiger partial charge in [0.15, 0.2) is 0 Å². The highest BCUT2D eigenvalue weighted by atomic mass is 16.1. The SMILES string of the molecule is CCCN1c2ccc(C=Nc3ccc(NC(C)=O)cc3)cc2C(C)=CC1(C)C. The minimum atomic E-state index is -0.0750. The number of amides is 1. The maximum atomic E-state index is 11.1. The molecule has 1 N–H and O–H groups in total. The van der Waals surface area contributed by atoms with Gasteiger partial charge in [0.2, 0.25) is 5.91 Å². The van der Waals surface area contributed by atoms with E-state index in [-0.39, 0.29) is 11.4 Å². The van der Waals surface area contributed by atoms with E-state index in [9.17, 15) is 4.79 Å². The van der Waals surface area contributed by atoms with Gasteiger partial charge in [-0.2, -0.15) is 0 Å². The molecule has 28 heavy (non-hydrogen) atoms. The zero-order valence-corrected chi connectivity index (χ0v) is 17.4. The number of hydrogen-bond donors (Lipinski definition) is 1. The Morgan fingerprint density at radius 2 is 1.89 bits per heavy atom. The van der Waals surface area contributed by atoms with E-state index >= 15 is 0 Å². The highest BCUT2D eigenvalue weighted by Gasteiger charge is 2.30. The van der Waals surface area contributed by atoms with E-state index in [0.717, 1.165) is 29.9 Å². The molecule has 0 bridgehead atoms. The molecule has 2 aromatic carbocycles. The van der Waals surface area contributed by atoms with Crippen LogP contribution in [0.1, 0.15) is 52.2 Å². The van der Waals surface area contributed by atoms with Gasteiger partial charge in [0, 0.05) is 36.6 Å². The average Bonchev–Trinajstić information content (AvgIpc) is 2.64. The van der Waals surface area contributed by atoms with Gasteiger partial charge < -0.3 is 10.2 Å². The van der Waals surface area contributed by atoms with Gasteiger partial charge in [-0.3, -0.25) is 9.79 Å². The van der Waals surface area contributed by atoms with Crippen molar-refractivity contribution < 1.29 is 4.79 Å². The molecule has 1 amide bonds. The number of nitrogens with zero attached hydrogens (tertiary/aromatic N) is 2. The number of nitrogens with one attached hydrogen (secondary N) is 1. The Hall–Kier alpha value is -2.88. The van der Waals surface area contributed by atoms with Crippen LogP contribution in [-0.2, 0) is 4.79 Å². The summed E-state index contributed by atoms with van der Waals surface area (Å²) in [5, 5.41) is 2.76. The molecule has 0 spiro atoms. The van der Waals surface area contributed by atoms with Crippen LogP contribution in [0.2, 0.25) is 0 Å². The highest BCUT2D eigenvalue weighted by molar-refractivity contribution is 5.90. The van der Waals surface area contributed by atoms with E-state index in [1.165, 1.54) is 23.7 Å². The minimum Gasteiger partial charge on any atom is -0.362 e. The summed E-state index contributed by atoms with van der Waals surface area (Å²) in [4.78, 5) is 18.2. The summed E-state index contributed by atoms with van der Waals surface area (Å²) in [7, 11) is 0. The highest BCUT2D eigenvalue weighted by Crippen LogP contribution is 2.39. The molecule has 1 aliphatic rings. The summed E-state index contributed by atoms with van der Waals surface area (Å²) in [6.07, 6.45) is 5.37. The third-order valence-corrected chi connectivity index (χ3v) is 5.00. The molecule has 0 unspecified atom stereocenters. The van der Waals surface area contributed by atoms with E-state index in [0.29, 0.717) is 0 Å². The van der Waals surface area contributed by atoms with Gasteiger partial charge in [-0.25, -0.2) is 0 Å². The van der Waals surface area contributed by atoms with Crippen LogP contribution in [0.5, 0.6) is 0 Å². The number of carbonyl (C=O) groups is 1. The van der Waals surface area contributed by atoms with Crippen molar-refractivity contribution >= 4 is 34.8 Å². The number of rotatable bonds is 5. The lowest BCUT2D eigenvalue weighted by atomic mass is 9.88. The van der Waals surface area contributed by atoms with Crippen molar-refractivity contribution in [1.82, 2.24) is 0 Å². The zero-order chi connectivity index (χ0) is 20.3. The number of aliphatic imine (C=N–C) groups is 1. The van der Waals surface area contributed by atoms with Gasteiger partial charge in [0.05, 0.1) is 11.2 Å². The molecular weight excluding hydrogens is 346 g/mol. The lowest BCUT2D eigenvalue weighted by Gasteiger charge is -2.43. The molecule has 0 saturated heterocycles. The van der Waals surface area contributed by atoms with Crippen LogP contribution in [-0.4, -0.2) is 24.2 Å². The summed E-state index contributed by atoms with van der Waals surface area (Å²) in [6.45, 7) is 11.5. The van der Waals surface area contributed by atoms with E-state index in [1.807, 2.05) is 30.5 Å². The molecule has 2 aromatic rings. The first-order valence-corrected chi connectivity index (χ1v) is 9.83. The number of allylic oxidation sites excluding steroid dienone is 1. The standard InChI is InChI=1S/C24H29N3O/c1-6-13-27-23-12-7-19(14-22(23)17(2)15-24(27,4)5)16-25-20-8-10-21(11-9-20)26-18(3)28/h7-12,14-16H,6,13H2,1-5H3,(H,26,28). The molecule has 1 heterocycles. The fourth-order valence-electron chi connectivity index (χ4n) is 3.80. The Bertz CT molecular complexity index is 923. The third-order valence-electron chi connectivity index (χ3n) is 5.00. The molecule has 0 aliphatic carbocycles. The number of carbonyl (C=O) groups excluding carboxylic acids is 1. The monoisotopic (exact) mass is 375 g/mol.